The van der Waals surface area contributed by atoms with Gasteiger partial charge in [-0.1, -0.05) is 0 Å². The number of carbonyl (C=O) groups excluding carboxylic acids is 1. The van der Waals surface area contributed by atoms with Crippen molar-refractivity contribution in [3.63, 3.8) is 0 Å². The second-order valence-electron chi connectivity index (χ2n) is 1.79. The van der Waals surface area contributed by atoms with Gasteiger partial charge in [0.2, 0.25) is 0 Å². The molecule has 0 aliphatic heterocycles. The van der Waals surface area contributed by atoms with Crippen LogP contribution in [0, 0.1) is 6.54 Å². The van der Waals surface area contributed by atoms with Gasteiger partial charge in [0.05, 0.1) is 0 Å². The fraction of sp³-hybridized carbons (Fsp3) is 0.500. The van der Waals surface area contributed by atoms with Crippen molar-refractivity contribution in [2.75, 3.05) is 7.05 Å². The van der Waals surface area contributed by atoms with Crippen LogP contribution in [0.1, 0.15) is 6.92 Å². The zero-order valence-corrected chi connectivity index (χ0v) is 16.3. The maximum absolute atomic E-state index is 10.5. The number of ketones is 1. The first-order chi connectivity index (χ1) is 4.34. The van der Waals surface area contributed by atoms with Crippen LogP contribution in [0.25, 0.3) is 0 Å². The summed E-state index contributed by atoms with van der Waals surface area (Å²) in [5.41, 5.74) is 0. The molecular formula is C4H8ClNO3PRbRe. The van der Waals surface area contributed by atoms with Crippen molar-refractivity contribution in [1.29, 1.82) is 0 Å². The minimum Gasteiger partial charge on any atom is -0.351 e. The van der Waals surface area contributed by atoms with Gasteiger partial charge in [-0.3, -0.25) is 11.1 Å². The molecule has 12 heavy (non-hydrogen) atoms. The summed E-state index contributed by atoms with van der Waals surface area (Å²) < 4.78 is 11.3. The van der Waals surface area contributed by atoms with Gasteiger partial charge in [0.15, 0.2) is 0 Å². The molecule has 0 aliphatic rings. The molecule has 0 fully saturated rings. The number of carbonyl (C=O) groups is 1. The van der Waals surface area contributed by atoms with E-state index in [9.17, 15) is 9.36 Å². The van der Waals surface area contributed by atoms with Crippen molar-refractivity contribution in [3.05, 3.63) is 6.54 Å². The van der Waals surface area contributed by atoms with Crippen LogP contribution in [0.3, 0.4) is 0 Å². The summed E-state index contributed by atoms with van der Waals surface area (Å²) in [5.74, 6) is -0.322. The van der Waals surface area contributed by atoms with Gasteiger partial charge in [0.1, 0.15) is 0 Å². The summed E-state index contributed by atoms with van der Waals surface area (Å²) in [6.07, 6.45) is 0. The molecule has 0 rings (SSSR count). The van der Waals surface area contributed by atoms with Crippen molar-refractivity contribution in [2.45, 2.75) is 6.92 Å². The van der Waals surface area contributed by atoms with E-state index in [0.717, 1.165) is 11.2 Å². The minimum atomic E-state index is -3.78. The first-order valence-electron chi connectivity index (χ1n) is 2.45. The molecule has 0 heterocycles. The predicted octanol–water partition coefficient (Wildman–Crippen LogP) is -1.99. The molecule has 8 heteroatoms. The first-order valence-corrected chi connectivity index (χ1v) is 4.97. The molecule has 0 aromatic rings. The largest absolute Gasteiger partial charge is 1.00 e. The number of rotatable bonds is 3. The van der Waals surface area contributed by atoms with Gasteiger partial charge in [-0.2, -0.15) is 0 Å². The minimum absolute atomic E-state index is 0. The number of hydrogen-bond donors (Lipinski definition) is 1. The number of Topliss-reactive ketones (excluding diaryl/α,β-unsaturated/α-hetero) is 1. The Morgan fingerprint density at radius 2 is 2.00 bits per heavy atom. The Hall–Kier alpha value is 2.45. The van der Waals surface area contributed by atoms with E-state index in [2.05, 4.69) is 0 Å². The second-order valence-corrected chi connectivity index (χ2v) is 4.68. The molecule has 4 nitrogen and oxygen atoms in total. The number of hydrogen-bond acceptors (Lipinski definition) is 2. The molecule has 0 saturated carbocycles. The van der Waals surface area contributed by atoms with E-state index < -0.39 is 6.87 Å². The molecule has 0 bridgehead atoms. The summed E-state index contributed by atoms with van der Waals surface area (Å²) in [5, 5.41) is 0. The maximum atomic E-state index is 10.5. The predicted molar refractivity (Wildman–Crippen MR) is 38.4 cm³/mol. The summed E-state index contributed by atoms with van der Waals surface area (Å²) in [7, 11) is 1.26. The quantitative estimate of drug-likeness (QED) is 0.395. The molecular weight excluding hydrogens is 448 g/mol. The van der Waals surface area contributed by atoms with Gasteiger partial charge in [-0.25, -0.2) is 0 Å². The van der Waals surface area contributed by atoms with Crippen LogP contribution < -0.4 is 58.2 Å². The van der Waals surface area contributed by atoms with Crippen LogP contribution >= 0.6 is 18.1 Å². The Balaban J connectivity index is -0.000000405. The summed E-state index contributed by atoms with van der Waals surface area (Å²) >= 11 is 4.98. The second kappa shape index (κ2) is 8.73. The fourth-order valence-electron chi connectivity index (χ4n) is 0.334. The van der Waals surface area contributed by atoms with Crippen LogP contribution in [0.2, 0.25) is 0 Å². The van der Waals surface area contributed by atoms with Gasteiger partial charge in [0, 0.05) is 26.2 Å². The monoisotopic (exact) mass is 456 g/mol. The Bertz CT molecular complexity index is 187. The van der Waals surface area contributed by atoms with Crippen LogP contribution in [-0.2, 0) is 29.8 Å². The molecule has 0 aliphatic carbocycles. The molecule has 1 N–H and O–H groups in total. The smallest absolute Gasteiger partial charge is 0.351 e. The Labute approximate surface area is 139 Å². The number of nitrogens with zero attached hydrogens (tertiary/aromatic N) is 1. The number of halogens is 1. The summed E-state index contributed by atoms with van der Waals surface area (Å²) in [6, 6.07) is 0. The average molecular weight is 456 g/mol. The molecule has 1 radical (unpaired) electrons. The third-order valence-corrected chi connectivity index (χ3v) is 2.37. The zero-order chi connectivity index (χ0) is 8.36. The topological polar surface area (TPSA) is 57.6 Å². The van der Waals surface area contributed by atoms with Crippen LogP contribution in [0.4, 0.5) is 0 Å². The van der Waals surface area contributed by atoms with Gasteiger partial charge in [-0.05, 0) is 25.2 Å². The van der Waals surface area contributed by atoms with E-state index in [1.165, 1.54) is 14.0 Å². The van der Waals surface area contributed by atoms with E-state index in [1.807, 2.05) is 0 Å². The molecule has 0 amide bonds. The molecule has 0 saturated heterocycles. The molecule has 1 atom stereocenters. The Morgan fingerprint density at radius 3 is 2.08 bits per heavy atom. The number of likely N-dealkylation sites (N-methyl/N-ethyl adjacent to an activating group) is 1. The standard InChI is InChI=1S/C4H8ClNO3P.Rb.Re/c1-4(7)3-6(2)10(5,8)9;;/h3H,1-2H3,(H,8,9);;/q-1;+1;. The van der Waals surface area contributed by atoms with E-state index in [-0.39, 0.29) is 84.4 Å². The normalized spacial score (nSPS) is 13.8. The average Bonchev–Trinajstić information content (AvgIpc) is 1.60. The first kappa shape index (κ1) is 19.9. The molecule has 0 aromatic heterocycles. The van der Waals surface area contributed by atoms with E-state index in [4.69, 9.17) is 16.1 Å². The summed E-state index contributed by atoms with van der Waals surface area (Å²) in [6.45, 7) is -1.55. The maximum Gasteiger partial charge on any atom is 1.00 e. The van der Waals surface area contributed by atoms with Crippen molar-refractivity contribution in [2.24, 2.45) is 0 Å². The van der Waals surface area contributed by atoms with E-state index in [0.29, 0.717) is 0 Å². The molecule has 67 valence electrons. The summed E-state index contributed by atoms with van der Waals surface area (Å²) in [4.78, 5) is 18.9. The van der Waals surface area contributed by atoms with Crippen LogP contribution in [0.15, 0.2) is 0 Å². The molecule has 0 spiro atoms. The van der Waals surface area contributed by atoms with Crippen molar-refractivity contribution in [1.82, 2.24) is 4.67 Å². The Kier molecular flexibility index (Phi) is 14.5. The van der Waals surface area contributed by atoms with Gasteiger partial charge >= 0.3 is 65.1 Å². The molecule has 1 unspecified atom stereocenters. The van der Waals surface area contributed by atoms with Crippen molar-refractivity contribution >= 4 is 23.9 Å². The van der Waals surface area contributed by atoms with Crippen molar-refractivity contribution in [3.8, 4) is 0 Å². The SMILES string of the molecule is CC(=O)[CH-]N(C)P(=O)(O)Cl.[Rb+].[Re]. The van der Waals surface area contributed by atoms with Crippen LogP contribution in [-0.4, -0.2) is 22.4 Å². The van der Waals surface area contributed by atoms with Crippen molar-refractivity contribution < 1.29 is 92.9 Å². The zero-order valence-electron chi connectivity index (χ0n) is 6.99. The third-order valence-electron chi connectivity index (χ3n) is 0.758. The van der Waals surface area contributed by atoms with Gasteiger partial charge < -0.3 is 14.4 Å². The molecule has 0 aromatic carbocycles. The Morgan fingerprint density at radius 1 is 1.67 bits per heavy atom. The van der Waals surface area contributed by atoms with Crippen LogP contribution in [0.5, 0.6) is 0 Å². The van der Waals surface area contributed by atoms with Gasteiger partial charge in [-0.15, -0.1) is 0 Å². The van der Waals surface area contributed by atoms with E-state index in [1.54, 1.807) is 0 Å². The van der Waals surface area contributed by atoms with Gasteiger partial charge in [0.25, 0.3) is 0 Å². The fourth-order valence-corrected chi connectivity index (χ4v) is 0.770. The van der Waals surface area contributed by atoms with E-state index >= 15 is 0 Å². The third kappa shape index (κ3) is 10.5.